The molecular formula is C26H20N2O2. The number of aliphatic carboxylic acids is 1. The van der Waals surface area contributed by atoms with Crippen LogP contribution in [-0.4, -0.2) is 11.1 Å². The molecule has 3 aromatic rings. The highest BCUT2D eigenvalue weighted by Crippen LogP contribution is 2.43. The summed E-state index contributed by atoms with van der Waals surface area (Å²) in [7, 11) is 0. The second kappa shape index (κ2) is 8.10. The summed E-state index contributed by atoms with van der Waals surface area (Å²) in [5.74, 6) is -1.22. The molecule has 0 aliphatic carbocycles. The molecule has 0 spiro atoms. The number of aryl methyl sites for hydroxylation is 1. The normalized spacial score (nSPS) is 12.9. The lowest BCUT2D eigenvalue weighted by atomic mass is 9.93. The molecule has 0 amide bonds. The Hall–Kier alpha value is -4.10. The number of hydrogen-bond acceptors (Lipinski definition) is 3. The van der Waals surface area contributed by atoms with Gasteiger partial charge in [0.2, 0.25) is 0 Å². The number of anilines is 3. The largest absolute Gasteiger partial charge is 0.477 e. The third-order valence-electron chi connectivity index (χ3n) is 5.15. The number of fused-ring (bicyclic) bond motifs is 2. The van der Waals surface area contributed by atoms with Crippen molar-refractivity contribution < 1.29 is 9.90 Å². The summed E-state index contributed by atoms with van der Waals surface area (Å²) in [4.78, 5) is 13.2. The fraction of sp³-hybridized carbons (Fsp3) is 0.0769. The van der Waals surface area contributed by atoms with Crippen LogP contribution in [0, 0.1) is 18.3 Å². The summed E-state index contributed by atoms with van der Waals surface area (Å²) < 4.78 is 0. The van der Waals surface area contributed by atoms with Crippen LogP contribution in [0.25, 0.3) is 6.08 Å². The van der Waals surface area contributed by atoms with Gasteiger partial charge in [0.05, 0.1) is 0 Å². The molecule has 1 aliphatic rings. The van der Waals surface area contributed by atoms with E-state index in [-0.39, 0.29) is 5.57 Å². The highest BCUT2D eigenvalue weighted by Gasteiger charge is 2.23. The topological polar surface area (TPSA) is 64.3 Å². The Kier molecular flexibility index (Phi) is 5.19. The van der Waals surface area contributed by atoms with Gasteiger partial charge in [0.15, 0.2) is 0 Å². The SMILES string of the molecule is Cc1ccc(N2c3ccccc3Cc3cc(C=CC=C(C#N)C(=O)O)ccc32)cc1. The summed E-state index contributed by atoms with van der Waals surface area (Å²) in [6.07, 6.45) is 5.56. The van der Waals surface area contributed by atoms with Gasteiger partial charge < -0.3 is 10.0 Å². The Morgan fingerprint density at radius 1 is 1.03 bits per heavy atom. The molecule has 0 aromatic heterocycles. The minimum atomic E-state index is -1.22. The molecule has 4 heteroatoms. The number of hydrogen-bond donors (Lipinski definition) is 1. The summed E-state index contributed by atoms with van der Waals surface area (Å²) in [6, 6.07) is 24.8. The second-order valence-corrected chi connectivity index (χ2v) is 7.22. The van der Waals surface area contributed by atoms with E-state index in [1.54, 1.807) is 12.1 Å². The molecule has 4 nitrogen and oxygen atoms in total. The number of nitriles is 1. The van der Waals surface area contributed by atoms with Crippen molar-refractivity contribution in [3.05, 3.63) is 107 Å². The molecule has 146 valence electrons. The number of carboxylic acids is 1. The zero-order valence-electron chi connectivity index (χ0n) is 16.5. The van der Waals surface area contributed by atoms with Crippen molar-refractivity contribution in [3.8, 4) is 6.07 Å². The van der Waals surface area contributed by atoms with E-state index in [4.69, 9.17) is 10.4 Å². The number of carbonyl (C=O) groups is 1. The third kappa shape index (κ3) is 3.74. The van der Waals surface area contributed by atoms with Crippen LogP contribution < -0.4 is 4.90 Å². The van der Waals surface area contributed by atoms with Crippen molar-refractivity contribution >= 4 is 29.1 Å². The average molecular weight is 392 g/mol. The van der Waals surface area contributed by atoms with E-state index in [9.17, 15) is 4.79 Å². The summed E-state index contributed by atoms with van der Waals surface area (Å²) in [6.45, 7) is 2.08. The van der Waals surface area contributed by atoms with Crippen molar-refractivity contribution in [2.45, 2.75) is 13.3 Å². The number of rotatable bonds is 4. The van der Waals surface area contributed by atoms with Crippen molar-refractivity contribution in [2.75, 3.05) is 4.90 Å². The minimum Gasteiger partial charge on any atom is -0.477 e. The third-order valence-corrected chi connectivity index (χ3v) is 5.15. The van der Waals surface area contributed by atoms with Gasteiger partial charge in [-0.3, -0.25) is 0 Å². The zero-order chi connectivity index (χ0) is 21.1. The molecule has 1 N–H and O–H groups in total. The first-order valence-corrected chi connectivity index (χ1v) is 9.66. The van der Waals surface area contributed by atoms with E-state index < -0.39 is 5.97 Å². The van der Waals surface area contributed by atoms with E-state index in [2.05, 4.69) is 72.5 Å². The highest BCUT2D eigenvalue weighted by atomic mass is 16.4. The maximum atomic E-state index is 10.9. The second-order valence-electron chi connectivity index (χ2n) is 7.22. The van der Waals surface area contributed by atoms with Crippen LogP contribution in [0.3, 0.4) is 0 Å². The van der Waals surface area contributed by atoms with Crippen LogP contribution in [0.4, 0.5) is 17.1 Å². The van der Waals surface area contributed by atoms with E-state index in [0.29, 0.717) is 0 Å². The Morgan fingerprint density at radius 3 is 2.50 bits per heavy atom. The van der Waals surface area contributed by atoms with Crippen LogP contribution in [0.15, 0.2) is 84.5 Å². The molecule has 1 heterocycles. The summed E-state index contributed by atoms with van der Waals surface area (Å²) in [5, 5.41) is 17.8. The van der Waals surface area contributed by atoms with Gasteiger partial charge in [-0.05, 0) is 60.0 Å². The summed E-state index contributed by atoms with van der Waals surface area (Å²) >= 11 is 0. The number of benzene rings is 3. The van der Waals surface area contributed by atoms with Crippen LogP contribution in [0.1, 0.15) is 22.3 Å². The average Bonchev–Trinajstić information content (AvgIpc) is 2.75. The zero-order valence-corrected chi connectivity index (χ0v) is 16.5. The standard InChI is InChI=1S/C26H20N2O2/c1-18-9-12-23(13-10-18)28-24-8-3-2-6-20(24)16-22-15-19(11-14-25(22)28)5-4-7-21(17-27)26(29)30/h2-15H,16H2,1H3,(H,29,30). The van der Waals surface area contributed by atoms with Crippen LogP contribution in [0.5, 0.6) is 0 Å². The first-order valence-electron chi connectivity index (χ1n) is 9.66. The maximum absolute atomic E-state index is 10.9. The van der Waals surface area contributed by atoms with Gasteiger partial charge in [-0.1, -0.05) is 54.1 Å². The fourth-order valence-corrected chi connectivity index (χ4v) is 3.67. The molecule has 0 atom stereocenters. The van der Waals surface area contributed by atoms with Crippen molar-refractivity contribution in [1.29, 1.82) is 5.26 Å². The van der Waals surface area contributed by atoms with Crippen molar-refractivity contribution in [2.24, 2.45) is 0 Å². The molecule has 0 unspecified atom stereocenters. The smallest absolute Gasteiger partial charge is 0.346 e. The summed E-state index contributed by atoms with van der Waals surface area (Å²) in [5.41, 5.74) is 7.76. The predicted molar refractivity (Wildman–Crippen MR) is 119 cm³/mol. The van der Waals surface area contributed by atoms with Crippen LogP contribution in [-0.2, 0) is 11.2 Å². The Labute approximate surface area is 175 Å². The van der Waals surface area contributed by atoms with E-state index in [1.165, 1.54) is 28.5 Å². The lowest BCUT2D eigenvalue weighted by Crippen LogP contribution is -2.18. The number of para-hydroxylation sites is 1. The Morgan fingerprint density at radius 2 is 1.77 bits per heavy atom. The van der Waals surface area contributed by atoms with Gasteiger partial charge in [-0.25, -0.2) is 4.79 Å². The van der Waals surface area contributed by atoms with Gasteiger partial charge in [-0.2, -0.15) is 5.26 Å². The first kappa shape index (κ1) is 19.2. The quantitative estimate of drug-likeness (QED) is 0.266. The minimum absolute atomic E-state index is 0.288. The maximum Gasteiger partial charge on any atom is 0.346 e. The molecule has 0 fully saturated rings. The molecule has 3 aromatic carbocycles. The molecule has 0 saturated carbocycles. The molecule has 1 aliphatic heterocycles. The molecule has 4 rings (SSSR count). The lowest BCUT2D eigenvalue weighted by Gasteiger charge is -2.33. The molecule has 0 saturated heterocycles. The van der Waals surface area contributed by atoms with E-state index >= 15 is 0 Å². The van der Waals surface area contributed by atoms with Gasteiger partial charge in [0.1, 0.15) is 11.6 Å². The predicted octanol–water partition coefficient (Wildman–Crippen LogP) is 5.92. The Bertz CT molecular complexity index is 1210. The number of nitrogens with zero attached hydrogens (tertiary/aromatic N) is 2. The highest BCUT2D eigenvalue weighted by molar-refractivity contribution is 5.91. The number of allylic oxidation sites excluding steroid dienone is 2. The van der Waals surface area contributed by atoms with Crippen LogP contribution in [0.2, 0.25) is 0 Å². The molecule has 0 radical (unpaired) electrons. The van der Waals surface area contributed by atoms with Gasteiger partial charge in [-0.15, -0.1) is 0 Å². The first-order chi connectivity index (χ1) is 14.6. The van der Waals surface area contributed by atoms with E-state index in [0.717, 1.165) is 23.4 Å². The van der Waals surface area contributed by atoms with Crippen molar-refractivity contribution in [3.63, 3.8) is 0 Å². The van der Waals surface area contributed by atoms with Gasteiger partial charge >= 0.3 is 5.97 Å². The lowest BCUT2D eigenvalue weighted by molar-refractivity contribution is -0.132. The van der Waals surface area contributed by atoms with Gasteiger partial charge in [0.25, 0.3) is 0 Å². The molecular weight excluding hydrogens is 372 g/mol. The van der Waals surface area contributed by atoms with Crippen LogP contribution >= 0.6 is 0 Å². The fourth-order valence-electron chi connectivity index (χ4n) is 3.67. The molecule has 30 heavy (non-hydrogen) atoms. The van der Waals surface area contributed by atoms with Gasteiger partial charge in [0, 0.05) is 23.5 Å². The monoisotopic (exact) mass is 392 g/mol. The number of carboxylic acid groups (broad SMARTS) is 1. The van der Waals surface area contributed by atoms with Crippen molar-refractivity contribution in [1.82, 2.24) is 0 Å². The Balaban J connectivity index is 1.74. The van der Waals surface area contributed by atoms with E-state index in [1.807, 2.05) is 12.1 Å². The molecule has 0 bridgehead atoms.